The Balaban J connectivity index is 1.94. The van der Waals surface area contributed by atoms with Gasteiger partial charge in [-0.1, -0.05) is 30.7 Å². The van der Waals surface area contributed by atoms with E-state index in [4.69, 9.17) is 4.74 Å². The Morgan fingerprint density at radius 2 is 1.91 bits per heavy atom. The molecule has 0 spiro atoms. The predicted molar refractivity (Wildman–Crippen MR) is 85.9 cm³/mol. The smallest absolute Gasteiger partial charge is 0.313 e. The first-order chi connectivity index (χ1) is 10.8. The molecule has 5 nitrogen and oxygen atoms in total. The summed E-state index contributed by atoms with van der Waals surface area (Å²) in [6.45, 7) is 8.33. The van der Waals surface area contributed by atoms with Crippen LogP contribution in [0.15, 0.2) is 35.9 Å². The fourth-order valence-corrected chi connectivity index (χ4v) is 4.50. The zero-order valence-electron chi connectivity index (χ0n) is 13.8. The zero-order valence-corrected chi connectivity index (χ0v) is 13.8. The van der Waals surface area contributed by atoms with Crippen LogP contribution in [0.1, 0.15) is 39.2 Å². The Hall–Kier alpha value is -2.17. The number of hydrogen-bond acceptors (Lipinski definition) is 4. The van der Waals surface area contributed by atoms with Crippen LogP contribution in [0.25, 0.3) is 0 Å². The molecule has 0 amide bonds. The van der Waals surface area contributed by atoms with Gasteiger partial charge in [0.15, 0.2) is 0 Å². The van der Waals surface area contributed by atoms with Gasteiger partial charge in [-0.15, -0.1) is 0 Å². The number of allylic oxidation sites excluding steroid dienone is 2. The van der Waals surface area contributed by atoms with Gasteiger partial charge < -0.3 is 4.74 Å². The summed E-state index contributed by atoms with van der Waals surface area (Å²) in [6.07, 6.45) is 2.18. The molecule has 0 heterocycles. The van der Waals surface area contributed by atoms with Gasteiger partial charge >= 0.3 is 5.97 Å². The molecule has 0 aliphatic heterocycles. The molecule has 1 aromatic carbocycles. The predicted octanol–water partition coefficient (Wildman–Crippen LogP) is 3.84. The number of hydrogen-bond donors (Lipinski definition) is 0. The maximum absolute atomic E-state index is 12.4. The standard InChI is InChI=1S/C18H21NO4/c1-5-23-16(20)18(4)15-14(11(2)10-17(15,18)3)12-6-8-13(9-7-12)19(21)22/h6-10,14-15H,5H2,1-4H3/t14-,15-,17+,18+/m1/s1. The summed E-state index contributed by atoms with van der Waals surface area (Å²) in [4.78, 5) is 22.9. The normalized spacial score (nSPS) is 34.5. The first-order valence-corrected chi connectivity index (χ1v) is 7.88. The first kappa shape index (κ1) is 15.7. The molecule has 0 saturated heterocycles. The minimum atomic E-state index is -0.519. The van der Waals surface area contributed by atoms with Crippen molar-refractivity contribution in [1.82, 2.24) is 0 Å². The van der Waals surface area contributed by atoms with Crippen LogP contribution >= 0.6 is 0 Å². The second-order valence-corrected chi connectivity index (χ2v) is 6.90. The van der Waals surface area contributed by atoms with Crippen molar-refractivity contribution in [3.63, 3.8) is 0 Å². The Morgan fingerprint density at radius 1 is 1.30 bits per heavy atom. The Bertz CT molecular complexity index is 708. The highest BCUT2D eigenvalue weighted by Gasteiger charge is 2.79. The number of fused-ring (bicyclic) bond motifs is 1. The molecule has 2 aliphatic rings. The molecule has 0 unspecified atom stereocenters. The number of nitro benzene ring substituents is 1. The van der Waals surface area contributed by atoms with Crippen molar-refractivity contribution in [2.24, 2.45) is 16.7 Å². The van der Waals surface area contributed by atoms with Crippen LogP contribution in [0.5, 0.6) is 0 Å². The lowest BCUT2D eigenvalue weighted by molar-refractivity contribution is -0.384. The van der Waals surface area contributed by atoms with Crippen molar-refractivity contribution < 1.29 is 14.5 Å². The molecule has 1 saturated carbocycles. The van der Waals surface area contributed by atoms with E-state index >= 15 is 0 Å². The summed E-state index contributed by atoms with van der Waals surface area (Å²) < 4.78 is 5.28. The van der Waals surface area contributed by atoms with Crippen LogP contribution < -0.4 is 0 Å². The number of rotatable bonds is 4. The minimum absolute atomic E-state index is 0.0834. The average Bonchev–Trinajstić information content (AvgIpc) is 2.83. The molecule has 0 radical (unpaired) electrons. The third-order valence-electron chi connectivity index (χ3n) is 5.82. The fraction of sp³-hybridized carbons (Fsp3) is 0.500. The summed E-state index contributed by atoms with van der Waals surface area (Å²) in [5.41, 5.74) is 1.60. The average molecular weight is 315 g/mol. The lowest BCUT2D eigenvalue weighted by Gasteiger charge is -2.21. The molecule has 4 atom stereocenters. The van der Waals surface area contributed by atoms with Crippen molar-refractivity contribution in [2.75, 3.05) is 6.61 Å². The van der Waals surface area contributed by atoms with Crippen LogP contribution in [-0.4, -0.2) is 17.5 Å². The van der Waals surface area contributed by atoms with Gasteiger partial charge in [-0.2, -0.15) is 0 Å². The van der Waals surface area contributed by atoms with Gasteiger partial charge in [0.2, 0.25) is 0 Å². The van der Waals surface area contributed by atoms with Gasteiger partial charge in [-0.25, -0.2) is 0 Å². The molecule has 5 heteroatoms. The van der Waals surface area contributed by atoms with E-state index in [2.05, 4.69) is 19.9 Å². The van der Waals surface area contributed by atoms with E-state index in [9.17, 15) is 14.9 Å². The molecule has 122 valence electrons. The van der Waals surface area contributed by atoms with Gasteiger partial charge in [0.1, 0.15) is 0 Å². The summed E-state index contributed by atoms with van der Waals surface area (Å²) in [5.74, 6) is 0.105. The van der Waals surface area contributed by atoms with Crippen LogP contribution in [0, 0.1) is 26.9 Å². The lowest BCUT2D eigenvalue weighted by atomic mass is 9.84. The highest BCUT2D eigenvalue weighted by Crippen LogP contribution is 2.79. The number of esters is 1. The molecule has 23 heavy (non-hydrogen) atoms. The monoisotopic (exact) mass is 315 g/mol. The van der Waals surface area contributed by atoms with E-state index in [1.165, 1.54) is 17.7 Å². The lowest BCUT2D eigenvalue weighted by Crippen LogP contribution is -2.24. The molecule has 3 rings (SSSR count). The van der Waals surface area contributed by atoms with E-state index in [0.717, 1.165) is 5.56 Å². The van der Waals surface area contributed by atoms with Gasteiger partial charge in [0.05, 0.1) is 16.9 Å². The first-order valence-electron chi connectivity index (χ1n) is 7.88. The maximum Gasteiger partial charge on any atom is 0.313 e. The van der Waals surface area contributed by atoms with Gasteiger partial charge in [-0.05, 0) is 32.3 Å². The van der Waals surface area contributed by atoms with E-state index in [0.29, 0.717) is 6.61 Å². The number of ether oxygens (including phenoxy) is 1. The van der Waals surface area contributed by atoms with Crippen molar-refractivity contribution in [3.8, 4) is 0 Å². The third kappa shape index (κ3) is 1.95. The van der Waals surface area contributed by atoms with Gasteiger partial charge in [0, 0.05) is 23.5 Å². The largest absolute Gasteiger partial charge is 0.466 e. The fourth-order valence-electron chi connectivity index (χ4n) is 4.50. The quantitative estimate of drug-likeness (QED) is 0.366. The second-order valence-electron chi connectivity index (χ2n) is 6.90. The van der Waals surface area contributed by atoms with Crippen LogP contribution in [-0.2, 0) is 9.53 Å². The molecular weight excluding hydrogens is 294 g/mol. The molecule has 0 aromatic heterocycles. The Labute approximate surface area is 135 Å². The van der Waals surface area contributed by atoms with Gasteiger partial charge in [-0.3, -0.25) is 14.9 Å². The highest BCUT2D eigenvalue weighted by atomic mass is 16.6. The SMILES string of the molecule is CCOC(=O)[C@]1(C)[C@@H]2[C@@H](c3ccc([N+](=O)[O-])cc3)C(C)=C[C@@]21C. The van der Waals surface area contributed by atoms with E-state index < -0.39 is 10.3 Å². The maximum atomic E-state index is 12.4. The molecule has 2 aliphatic carbocycles. The van der Waals surface area contributed by atoms with Crippen molar-refractivity contribution in [3.05, 3.63) is 51.6 Å². The van der Waals surface area contributed by atoms with Crippen molar-refractivity contribution in [1.29, 1.82) is 0 Å². The second kappa shape index (κ2) is 4.91. The topological polar surface area (TPSA) is 69.4 Å². The summed E-state index contributed by atoms with van der Waals surface area (Å²) in [7, 11) is 0. The van der Waals surface area contributed by atoms with Crippen molar-refractivity contribution in [2.45, 2.75) is 33.6 Å². The molecule has 0 N–H and O–H groups in total. The molecule has 1 aromatic rings. The summed E-state index contributed by atoms with van der Waals surface area (Å²) >= 11 is 0. The number of carbonyl (C=O) groups is 1. The summed E-state index contributed by atoms with van der Waals surface area (Å²) in [6, 6.07) is 6.66. The van der Waals surface area contributed by atoms with E-state index in [1.54, 1.807) is 12.1 Å². The van der Waals surface area contributed by atoms with Gasteiger partial charge in [0.25, 0.3) is 5.69 Å². The van der Waals surface area contributed by atoms with Crippen LogP contribution in [0.3, 0.4) is 0 Å². The molecular formula is C18H21NO4. The van der Waals surface area contributed by atoms with E-state index in [1.807, 2.05) is 13.8 Å². The highest BCUT2D eigenvalue weighted by molar-refractivity contribution is 5.85. The van der Waals surface area contributed by atoms with Crippen LogP contribution in [0.4, 0.5) is 5.69 Å². The van der Waals surface area contributed by atoms with Crippen LogP contribution in [0.2, 0.25) is 0 Å². The third-order valence-corrected chi connectivity index (χ3v) is 5.82. The number of nitro groups is 1. The summed E-state index contributed by atoms with van der Waals surface area (Å²) in [5, 5.41) is 10.8. The minimum Gasteiger partial charge on any atom is -0.466 e. The Kier molecular flexibility index (Phi) is 3.36. The van der Waals surface area contributed by atoms with E-state index in [-0.39, 0.29) is 28.9 Å². The number of non-ortho nitro benzene ring substituents is 1. The Morgan fingerprint density at radius 3 is 2.43 bits per heavy atom. The number of benzene rings is 1. The van der Waals surface area contributed by atoms with Crippen molar-refractivity contribution >= 4 is 11.7 Å². The number of carbonyl (C=O) groups excluding carboxylic acids is 1. The zero-order chi connectivity index (χ0) is 17.0. The molecule has 1 fully saturated rings. The number of nitrogens with zero attached hydrogens (tertiary/aromatic N) is 1. The molecule has 0 bridgehead atoms.